The van der Waals surface area contributed by atoms with Crippen LogP contribution in [0.2, 0.25) is 0 Å². The molecule has 1 fully saturated rings. The third-order valence-corrected chi connectivity index (χ3v) is 8.72. The van der Waals surface area contributed by atoms with Crippen molar-refractivity contribution in [3.8, 4) is 5.75 Å². The lowest BCUT2D eigenvalue weighted by atomic mass is 9.85. The minimum absolute atomic E-state index is 0.0790. The van der Waals surface area contributed by atoms with Gasteiger partial charge in [-0.2, -0.15) is 0 Å². The Morgan fingerprint density at radius 3 is 2.11 bits per heavy atom. The molecule has 0 spiro atoms. The van der Waals surface area contributed by atoms with Crippen molar-refractivity contribution in [3.05, 3.63) is 101 Å². The van der Waals surface area contributed by atoms with Gasteiger partial charge in [0.15, 0.2) is 0 Å². The molecule has 3 aromatic carbocycles. The highest BCUT2D eigenvalue weighted by atomic mass is 16.8. The topological polar surface area (TPSA) is 148 Å². The number of rotatable bonds is 16. The lowest BCUT2D eigenvalue weighted by Crippen LogP contribution is -2.57. The average Bonchev–Trinajstić information content (AvgIpc) is 3.04. The van der Waals surface area contributed by atoms with Crippen molar-refractivity contribution in [2.24, 2.45) is 5.92 Å². The van der Waals surface area contributed by atoms with E-state index in [-0.39, 0.29) is 30.5 Å². The maximum absolute atomic E-state index is 13.6. The summed E-state index contributed by atoms with van der Waals surface area (Å²) in [6, 6.07) is 22.7. The van der Waals surface area contributed by atoms with Crippen LogP contribution >= 0.6 is 0 Å². The van der Waals surface area contributed by atoms with Gasteiger partial charge in [-0.05, 0) is 74.1 Å². The lowest BCUT2D eigenvalue weighted by molar-refractivity contribution is -0.272. The summed E-state index contributed by atoms with van der Waals surface area (Å²) >= 11 is 0. The fraction of sp³-hybridized carbons (Fsp3) is 0.432. The van der Waals surface area contributed by atoms with Crippen LogP contribution in [0.25, 0.3) is 0 Å². The number of aliphatic hydroxyl groups excluding tert-OH is 1. The van der Waals surface area contributed by atoms with Gasteiger partial charge in [-0.15, -0.1) is 0 Å². The number of aliphatic hydroxyl groups is 3. The molecule has 10 nitrogen and oxygen atoms in total. The minimum atomic E-state index is -3.12. The normalized spacial score (nSPS) is 16.0. The molecule has 4 atom stereocenters. The monoisotopic (exact) mass is 645 g/mol. The molecule has 4 unspecified atom stereocenters. The third-order valence-electron chi connectivity index (χ3n) is 8.72. The van der Waals surface area contributed by atoms with Crippen molar-refractivity contribution in [1.29, 1.82) is 0 Å². The van der Waals surface area contributed by atoms with Crippen LogP contribution in [-0.4, -0.2) is 75.2 Å². The summed E-state index contributed by atoms with van der Waals surface area (Å²) in [6.45, 7) is 6.38. The Bertz CT molecular complexity index is 1460. The molecule has 4 rings (SSSR count). The molecule has 1 aliphatic heterocycles. The van der Waals surface area contributed by atoms with Crippen molar-refractivity contribution in [2.75, 3.05) is 13.1 Å². The molecule has 252 valence electrons. The van der Waals surface area contributed by atoms with Crippen molar-refractivity contribution < 1.29 is 34.4 Å². The number of benzene rings is 3. The van der Waals surface area contributed by atoms with Gasteiger partial charge in [-0.3, -0.25) is 9.59 Å². The predicted octanol–water partition coefficient (Wildman–Crippen LogP) is 3.81. The number of nitrogens with one attached hydrogen (secondary N) is 2. The highest BCUT2D eigenvalue weighted by molar-refractivity contribution is 5.87. The van der Waals surface area contributed by atoms with Gasteiger partial charge in [0.2, 0.25) is 11.7 Å². The van der Waals surface area contributed by atoms with Gasteiger partial charge in [-0.1, -0.05) is 85.8 Å². The summed E-state index contributed by atoms with van der Waals surface area (Å²) in [7, 11) is 0. The molecule has 3 amide bonds. The Hall–Kier alpha value is -4.25. The Morgan fingerprint density at radius 1 is 0.936 bits per heavy atom. The summed E-state index contributed by atoms with van der Waals surface area (Å²) < 4.78 is 5.46. The molecule has 0 aromatic heterocycles. The summed E-state index contributed by atoms with van der Waals surface area (Å²) in [4.78, 5) is 41.2. The maximum Gasteiger partial charge on any atom is 0.386 e. The van der Waals surface area contributed by atoms with Crippen molar-refractivity contribution >= 4 is 17.7 Å². The van der Waals surface area contributed by atoms with Crippen LogP contribution in [0.4, 0.5) is 4.79 Å². The van der Waals surface area contributed by atoms with E-state index in [9.17, 15) is 29.7 Å². The van der Waals surface area contributed by atoms with Gasteiger partial charge < -0.3 is 35.6 Å². The Labute approximate surface area is 276 Å². The SMILES string of the molecule is CCC(C(=O)NC(Cc1ccccc1)CC(O)C(CC(=O)C(O)(O)Oc1c(C)cccc1C)Cc1ccccc1)N1CCCNC1=O. The standard InChI is InChI=1S/C37H47N3O7/c1-4-31(40-20-12-19-38-36(40)44)35(43)39-30(22-28-17-9-6-10-18-28)24-32(41)29(21-27-15-7-5-8-16-27)23-33(42)37(45,46)47-34-25(2)13-11-14-26(34)3/h5-11,13-18,29-32,41,45-46H,4,12,19-24H2,1-3H3,(H,38,44)(H,39,43). The van der Waals surface area contributed by atoms with E-state index in [1.165, 1.54) is 0 Å². The smallest absolute Gasteiger partial charge is 0.386 e. The number of carbonyl (C=O) groups is 3. The molecular formula is C37H47N3O7. The number of amides is 3. The lowest BCUT2D eigenvalue weighted by Gasteiger charge is -2.35. The molecule has 1 heterocycles. The molecular weight excluding hydrogens is 598 g/mol. The number of Topliss-reactive ketones (excluding diaryl/α,β-unsaturated/α-hetero) is 1. The first-order valence-electron chi connectivity index (χ1n) is 16.3. The van der Waals surface area contributed by atoms with E-state index in [0.717, 1.165) is 17.5 Å². The van der Waals surface area contributed by atoms with Gasteiger partial charge in [0.05, 0.1) is 6.10 Å². The average molecular weight is 646 g/mol. The molecule has 0 saturated carbocycles. The number of ketones is 1. The first kappa shape index (κ1) is 35.6. The molecule has 1 aliphatic rings. The fourth-order valence-electron chi connectivity index (χ4n) is 6.16. The maximum atomic E-state index is 13.6. The molecule has 3 aromatic rings. The zero-order chi connectivity index (χ0) is 34.0. The quantitative estimate of drug-likeness (QED) is 0.149. The number of para-hydroxylation sites is 1. The predicted molar refractivity (Wildman–Crippen MR) is 178 cm³/mol. The molecule has 5 N–H and O–H groups in total. The highest BCUT2D eigenvalue weighted by Gasteiger charge is 2.40. The second-order valence-corrected chi connectivity index (χ2v) is 12.4. The second kappa shape index (κ2) is 16.5. The molecule has 1 saturated heterocycles. The van der Waals surface area contributed by atoms with Gasteiger partial charge >= 0.3 is 12.0 Å². The van der Waals surface area contributed by atoms with E-state index in [4.69, 9.17) is 4.74 Å². The highest BCUT2D eigenvalue weighted by Crippen LogP contribution is 2.29. The van der Waals surface area contributed by atoms with Crippen LogP contribution in [0.1, 0.15) is 54.9 Å². The van der Waals surface area contributed by atoms with Gasteiger partial charge in [0, 0.05) is 25.6 Å². The Kier molecular flexibility index (Phi) is 12.5. The first-order chi connectivity index (χ1) is 22.5. The zero-order valence-corrected chi connectivity index (χ0v) is 27.4. The van der Waals surface area contributed by atoms with Crippen LogP contribution in [0.3, 0.4) is 0 Å². The molecule has 0 radical (unpaired) electrons. The first-order valence-corrected chi connectivity index (χ1v) is 16.3. The summed E-state index contributed by atoms with van der Waals surface area (Å²) in [5.41, 5.74) is 3.07. The third kappa shape index (κ3) is 9.87. The minimum Gasteiger partial charge on any atom is -0.433 e. The van der Waals surface area contributed by atoms with Crippen LogP contribution in [0.5, 0.6) is 5.75 Å². The number of nitrogens with zero attached hydrogens (tertiary/aromatic N) is 1. The van der Waals surface area contributed by atoms with E-state index in [1.54, 1.807) is 36.9 Å². The Morgan fingerprint density at radius 2 is 1.53 bits per heavy atom. The number of carbonyl (C=O) groups excluding carboxylic acids is 3. The largest absolute Gasteiger partial charge is 0.433 e. The fourth-order valence-corrected chi connectivity index (χ4v) is 6.16. The van der Waals surface area contributed by atoms with E-state index >= 15 is 0 Å². The number of hydrogen-bond acceptors (Lipinski definition) is 7. The summed E-state index contributed by atoms with van der Waals surface area (Å²) in [5, 5.41) is 39.3. The molecule has 0 bridgehead atoms. The second-order valence-electron chi connectivity index (χ2n) is 12.4. The van der Waals surface area contributed by atoms with Crippen LogP contribution in [-0.2, 0) is 22.4 Å². The van der Waals surface area contributed by atoms with E-state index in [1.807, 2.05) is 67.6 Å². The number of urea groups is 1. The van der Waals surface area contributed by atoms with Crippen LogP contribution < -0.4 is 15.4 Å². The van der Waals surface area contributed by atoms with Gasteiger partial charge in [0.1, 0.15) is 11.8 Å². The van der Waals surface area contributed by atoms with Crippen molar-refractivity contribution in [2.45, 2.75) is 83.5 Å². The van der Waals surface area contributed by atoms with E-state index < -0.39 is 42.3 Å². The van der Waals surface area contributed by atoms with E-state index in [0.29, 0.717) is 37.1 Å². The molecule has 10 heteroatoms. The molecule has 47 heavy (non-hydrogen) atoms. The van der Waals surface area contributed by atoms with Crippen molar-refractivity contribution in [1.82, 2.24) is 15.5 Å². The van der Waals surface area contributed by atoms with Crippen LogP contribution in [0.15, 0.2) is 78.9 Å². The summed E-state index contributed by atoms with van der Waals surface area (Å²) in [6.07, 6.45) is 0.383. The zero-order valence-electron chi connectivity index (χ0n) is 27.4. The number of hydrogen-bond donors (Lipinski definition) is 5. The molecule has 0 aliphatic carbocycles. The number of aryl methyl sites for hydroxylation is 2. The van der Waals surface area contributed by atoms with E-state index in [2.05, 4.69) is 10.6 Å². The van der Waals surface area contributed by atoms with Gasteiger partial charge in [0.25, 0.3) is 0 Å². The summed E-state index contributed by atoms with van der Waals surface area (Å²) in [5.74, 6) is -4.97. The van der Waals surface area contributed by atoms with Gasteiger partial charge in [-0.25, -0.2) is 4.79 Å². The van der Waals surface area contributed by atoms with Crippen molar-refractivity contribution in [3.63, 3.8) is 0 Å². The Balaban J connectivity index is 1.56. The van der Waals surface area contributed by atoms with Crippen LogP contribution in [0, 0.1) is 19.8 Å². The number of ether oxygens (including phenoxy) is 1.